The quantitative estimate of drug-likeness (QED) is 0.119. The van der Waals surface area contributed by atoms with Gasteiger partial charge in [-0.05, 0) is 20.8 Å². The van der Waals surface area contributed by atoms with Crippen LogP contribution in [-0.4, -0.2) is 84.9 Å². The number of benzene rings is 1. The lowest BCUT2D eigenvalue weighted by Gasteiger charge is -2.58. The number of hydrogen-bond acceptors (Lipinski definition) is 10. The number of aliphatic hydroxyl groups is 4. The van der Waals surface area contributed by atoms with E-state index in [-0.39, 0.29) is 0 Å². The Morgan fingerprint density at radius 3 is 1.75 bits per heavy atom. The molecule has 16 heteroatoms. The van der Waals surface area contributed by atoms with Gasteiger partial charge in [-0.1, -0.05) is 15.9 Å². The molecule has 1 aliphatic heterocycles. The van der Waals surface area contributed by atoms with Crippen molar-refractivity contribution in [2.45, 2.75) is 54.9 Å². The first-order valence-corrected chi connectivity index (χ1v) is 10.7. The molecule has 1 aliphatic rings. The summed E-state index contributed by atoms with van der Waals surface area (Å²) in [4.78, 5) is 49.6. The van der Waals surface area contributed by atoms with Gasteiger partial charge in [-0.3, -0.25) is 19.2 Å². The smallest absolute Gasteiger partial charge is 0.259 e. The molecule has 0 saturated carbocycles. The first kappa shape index (κ1) is 29.7. The maximum atomic E-state index is 14.5. The van der Waals surface area contributed by atoms with E-state index >= 15 is 0 Å². The van der Waals surface area contributed by atoms with Crippen molar-refractivity contribution in [3.63, 3.8) is 0 Å². The Balaban J connectivity index is 2.88. The van der Waals surface area contributed by atoms with E-state index in [9.17, 15) is 57.2 Å². The van der Waals surface area contributed by atoms with Crippen LogP contribution >= 0.6 is 15.9 Å². The number of methoxy groups -OCH3 is 1. The summed E-state index contributed by atoms with van der Waals surface area (Å²) in [5.74, 6) is -17.3. The lowest BCUT2D eigenvalue weighted by Crippen LogP contribution is -2.88. The van der Waals surface area contributed by atoms with Crippen LogP contribution in [0.1, 0.15) is 31.1 Å². The van der Waals surface area contributed by atoms with Crippen LogP contribution in [0, 0.1) is 23.3 Å². The van der Waals surface area contributed by atoms with Gasteiger partial charge in [0.1, 0.15) is 17.8 Å². The third kappa shape index (κ3) is 3.92. The van der Waals surface area contributed by atoms with Crippen molar-refractivity contribution in [3.8, 4) is 5.75 Å². The number of alkyl halides is 1. The Bertz CT molecular complexity index is 1120. The standard InChI is InChI=1S/C20H20BrF4NO10/c1-5(27)13(30)15-18(32,6(2)28)20(34,19(33,7(3)29)17(21)36-15)26-16(31)8-9(22)11(24)14(35-4)12(25)10(8)23/h13,15,17,30,32-34H,1-4H3,(H,26,31)/t13?,15-,17+,18+,19+,20+/m1/s1. The summed E-state index contributed by atoms with van der Waals surface area (Å²) >= 11 is 2.63. The van der Waals surface area contributed by atoms with E-state index in [1.165, 1.54) is 5.32 Å². The number of rotatable bonds is 7. The van der Waals surface area contributed by atoms with Crippen LogP contribution in [0.2, 0.25) is 0 Å². The van der Waals surface area contributed by atoms with E-state index in [0.29, 0.717) is 21.0 Å². The van der Waals surface area contributed by atoms with Gasteiger partial charge in [0.2, 0.25) is 28.6 Å². The van der Waals surface area contributed by atoms with Crippen LogP contribution in [-0.2, 0) is 19.1 Å². The molecule has 1 heterocycles. The number of Topliss-reactive ketones (excluding diaryl/α,β-unsaturated/α-hetero) is 3. The van der Waals surface area contributed by atoms with E-state index in [1.807, 2.05) is 0 Å². The van der Waals surface area contributed by atoms with Crippen LogP contribution in [0.3, 0.4) is 0 Å². The van der Waals surface area contributed by atoms with Crippen molar-refractivity contribution in [2.75, 3.05) is 7.11 Å². The highest BCUT2D eigenvalue weighted by Gasteiger charge is 2.77. The second-order valence-electron chi connectivity index (χ2n) is 7.90. The molecule has 200 valence electrons. The second-order valence-corrected chi connectivity index (χ2v) is 8.73. The molecule has 1 unspecified atom stereocenters. The molecule has 5 N–H and O–H groups in total. The van der Waals surface area contributed by atoms with Crippen LogP contribution in [0.4, 0.5) is 17.6 Å². The molecule has 1 amide bonds. The molecule has 1 fully saturated rings. The number of halogens is 5. The van der Waals surface area contributed by atoms with Crippen LogP contribution in [0.5, 0.6) is 5.75 Å². The fraction of sp³-hybridized carbons (Fsp3) is 0.500. The summed E-state index contributed by atoms with van der Waals surface area (Å²) in [6.07, 6.45) is -4.95. The van der Waals surface area contributed by atoms with Crippen LogP contribution in [0.15, 0.2) is 0 Å². The second kappa shape index (κ2) is 9.75. The molecule has 1 aromatic rings. The lowest BCUT2D eigenvalue weighted by atomic mass is 9.67. The fourth-order valence-corrected chi connectivity index (χ4v) is 4.67. The van der Waals surface area contributed by atoms with Gasteiger partial charge in [0, 0.05) is 0 Å². The Morgan fingerprint density at radius 2 is 1.39 bits per heavy atom. The highest BCUT2D eigenvalue weighted by molar-refractivity contribution is 9.09. The Hall–Kier alpha value is -2.50. The first-order chi connectivity index (χ1) is 16.4. The predicted molar refractivity (Wildman–Crippen MR) is 111 cm³/mol. The summed E-state index contributed by atoms with van der Waals surface area (Å²) in [5.41, 5.74) is -13.5. The Kier molecular flexibility index (Phi) is 8.05. The van der Waals surface area contributed by atoms with Gasteiger partial charge >= 0.3 is 0 Å². The fourth-order valence-electron chi connectivity index (χ4n) is 3.78. The molecule has 0 aliphatic carbocycles. The average Bonchev–Trinajstić information content (AvgIpc) is 2.78. The van der Waals surface area contributed by atoms with Gasteiger partial charge in [0.05, 0.1) is 7.11 Å². The maximum Gasteiger partial charge on any atom is 0.259 e. The molecule has 36 heavy (non-hydrogen) atoms. The molecule has 2 rings (SSSR count). The van der Waals surface area contributed by atoms with E-state index in [0.717, 1.165) is 6.92 Å². The number of amides is 1. The van der Waals surface area contributed by atoms with Crippen molar-refractivity contribution in [3.05, 3.63) is 28.8 Å². The molecule has 11 nitrogen and oxygen atoms in total. The van der Waals surface area contributed by atoms with Crippen molar-refractivity contribution < 1.29 is 66.6 Å². The summed E-state index contributed by atoms with van der Waals surface area (Å²) in [6, 6.07) is 0. The Labute approximate surface area is 208 Å². The van der Waals surface area contributed by atoms with Crippen LogP contribution in [0.25, 0.3) is 0 Å². The number of nitrogens with one attached hydrogen (secondary N) is 1. The van der Waals surface area contributed by atoms with Gasteiger partial charge in [-0.15, -0.1) is 0 Å². The Morgan fingerprint density at radius 1 is 0.944 bits per heavy atom. The summed E-state index contributed by atoms with van der Waals surface area (Å²) < 4.78 is 66.6. The van der Waals surface area contributed by atoms with Gasteiger partial charge in [0.15, 0.2) is 39.7 Å². The minimum Gasteiger partial charge on any atom is -0.491 e. The van der Waals surface area contributed by atoms with E-state index < -0.39 is 92.0 Å². The molecule has 6 atom stereocenters. The van der Waals surface area contributed by atoms with Gasteiger partial charge in [0.25, 0.3) is 5.91 Å². The highest BCUT2D eigenvalue weighted by atomic mass is 79.9. The summed E-state index contributed by atoms with van der Waals surface area (Å²) in [5, 5.41) is 43.0. The highest BCUT2D eigenvalue weighted by Crippen LogP contribution is 2.47. The number of ketones is 3. The molecule has 1 aromatic carbocycles. The van der Waals surface area contributed by atoms with E-state index in [2.05, 4.69) is 20.7 Å². The van der Waals surface area contributed by atoms with Crippen molar-refractivity contribution in [1.29, 1.82) is 0 Å². The molecular weight excluding hydrogens is 570 g/mol. The predicted octanol–water partition coefficient (Wildman–Crippen LogP) is -0.620. The van der Waals surface area contributed by atoms with Crippen molar-refractivity contribution in [2.24, 2.45) is 0 Å². The monoisotopic (exact) mass is 589 g/mol. The molecule has 0 bridgehead atoms. The average molecular weight is 590 g/mol. The minimum absolute atomic E-state index is 0.517. The maximum absolute atomic E-state index is 14.5. The number of ether oxygens (including phenoxy) is 2. The summed E-state index contributed by atoms with van der Waals surface area (Å²) in [7, 11) is 0.654. The molecule has 0 aromatic heterocycles. The van der Waals surface area contributed by atoms with Gasteiger partial charge in [-0.25, -0.2) is 8.78 Å². The molecule has 0 spiro atoms. The van der Waals surface area contributed by atoms with Crippen molar-refractivity contribution >= 4 is 39.2 Å². The number of aliphatic hydroxyl groups excluding tert-OH is 1. The molecule has 1 saturated heterocycles. The van der Waals surface area contributed by atoms with E-state index in [1.54, 1.807) is 0 Å². The first-order valence-electron chi connectivity index (χ1n) is 9.75. The SMILES string of the molecule is COc1c(F)c(F)c(C(=O)N[C@]2(O)[C@](O)(C(C)=O)[C@@H](C(O)C(C)=O)O[C@H](Br)[C@@]2(O)C(C)=O)c(F)c1F. The number of carbonyl (C=O) groups excluding carboxylic acids is 4. The van der Waals surface area contributed by atoms with Crippen molar-refractivity contribution in [1.82, 2.24) is 5.32 Å². The largest absolute Gasteiger partial charge is 0.491 e. The van der Waals surface area contributed by atoms with Gasteiger partial charge in [-0.2, -0.15) is 8.78 Å². The van der Waals surface area contributed by atoms with Gasteiger partial charge < -0.3 is 35.2 Å². The third-order valence-electron chi connectivity index (χ3n) is 5.83. The molecular formula is C20H20BrF4NO10. The topological polar surface area (TPSA) is 180 Å². The third-order valence-corrected chi connectivity index (χ3v) is 6.71. The number of carbonyl (C=O) groups is 4. The normalized spacial score (nSPS) is 30.9. The number of hydrogen-bond donors (Lipinski definition) is 5. The molecule has 0 radical (unpaired) electrons. The van der Waals surface area contributed by atoms with E-state index in [4.69, 9.17) is 4.74 Å². The zero-order chi connectivity index (χ0) is 28.1. The summed E-state index contributed by atoms with van der Waals surface area (Å²) in [6.45, 7) is 1.85. The lowest BCUT2D eigenvalue weighted by molar-refractivity contribution is -0.328. The zero-order valence-electron chi connectivity index (χ0n) is 18.9. The van der Waals surface area contributed by atoms with Crippen LogP contribution < -0.4 is 10.1 Å². The zero-order valence-corrected chi connectivity index (χ0v) is 20.4. The minimum atomic E-state index is -4.05.